The molecule has 1 nitrogen and oxygen atoms in total. The van der Waals surface area contributed by atoms with Crippen molar-refractivity contribution >= 4 is 39.1 Å². The van der Waals surface area contributed by atoms with Gasteiger partial charge in [0.2, 0.25) is 0 Å². The molecule has 2 aromatic carbocycles. The van der Waals surface area contributed by atoms with E-state index in [4.69, 9.17) is 27.9 Å². The standard InChI is InChI=1S/C14H11BrCl2O/c15-8-10-4-6-11(7-5-10)18-9-12-13(16)2-1-3-14(12)17/h1-7H,8-9H2. The summed E-state index contributed by atoms with van der Waals surface area (Å²) in [4.78, 5) is 0. The lowest BCUT2D eigenvalue weighted by Crippen LogP contribution is -1.97. The molecular formula is C14H11BrCl2O. The van der Waals surface area contributed by atoms with Gasteiger partial charge in [0.15, 0.2) is 0 Å². The van der Waals surface area contributed by atoms with Gasteiger partial charge in [-0.1, -0.05) is 57.3 Å². The molecule has 0 heterocycles. The second-order valence-corrected chi connectivity index (χ2v) is 5.14. The van der Waals surface area contributed by atoms with Crippen molar-refractivity contribution in [3.8, 4) is 5.75 Å². The highest BCUT2D eigenvalue weighted by Crippen LogP contribution is 2.26. The zero-order chi connectivity index (χ0) is 13.0. The van der Waals surface area contributed by atoms with Crippen molar-refractivity contribution in [3.63, 3.8) is 0 Å². The zero-order valence-electron chi connectivity index (χ0n) is 9.50. The SMILES string of the molecule is Clc1cccc(Cl)c1COc1ccc(CBr)cc1. The van der Waals surface area contributed by atoms with Gasteiger partial charge in [0, 0.05) is 20.9 Å². The van der Waals surface area contributed by atoms with E-state index in [1.807, 2.05) is 30.3 Å². The summed E-state index contributed by atoms with van der Waals surface area (Å²) in [6.45, 7) is 0.367. The molecule has 0 radical (unpaired) electrons. The molecule has 0 bridgehead atoms. The minimum absolute atomic E-state index is 0.367. The molecule has 18 heavy (non-hydrogen) atoms. The van der Waals surface area contributed by atoms with E-state index in [0.717, 1.165) is 16.6 Å². The highest BCUT2D eigenvalue weighted by atomic mass is 79.9. The predicted octanol–water partition coefficient (Wildman–Crippen LogP) is 5.47. The summed E-state index contributed by atoms with van der Waals surface area (Å²) >= 11 is 15.5. The smallest absolute Gasteiger partial charge is 0.119 e. The van der Waals surface area contributed by atoms with Gasteiger partial charge in [-0.05, 0) is 29.8 Å². The van der Waals surface area contributed by atoms with Crippen molar-refractivity contribution in [1.29, 1.82) is 0 Å². The van der Waals surface area contributed by atoms with Gasteiger partial charge in [0.25, 0.3) is 0 Å². The molecule has 0 atom stereocenters. The van der Waals surface area contributed by atoms with Gasteiger partial charge in [-0.15, -0.1) is 0 Å². The average Bonchev–Trinajstić information content (AvgIpc) is 2.39. The van der Waals surface area contributed by atoms with Crippen LogP contribution in [0.5, 0.6) is 5.75 Å². The first-order valence-corrected chi connectivity index (χ1v) is 7.29. The van der Waals surface area contributed by atoms with Gasteiger partial charge in [-0.3, -0.25) is 0 Å². The predicted molar refractivity (Wildman–Crippen MR) is 79.9 cm³/mol. The van der Waals surface area contributed by atoms with Gasteiger partial charge in [-0.2, -0.15) is 0 Å². The number of hydrogen-bond acceptors (Lipinski definition) is 1. The molecule has 0 fully saturated rings. The Bertz CT molecular complexity index is 506. The first-order valence-electron chi connectivity index (χ1n) is 5.41. The van der Waals surface area contributed by atoms with Gasteiger partial charge >= 0.3 is 0 Å². The Hall–Kier alpha value is -0.700. The lowest BCUT2D eigenvalue weighted by Gasteiger charge is -2.09. The second kappa shape index (κ2) is 6.46. The largest absolute Gasteiger partial charge is 0.489 e. The number of rotatable bonds is 4. The van der Waals surface area contributed by atoms with Gasteiger partial charge in [0.1, 0.15) is 12.4 Å². The Morgan fingerprint density at radius 1 is 0.944 bits per heavy atom. The maximum atomic E-state index is 6.07. The summed E-state index contributed by atoms with van der Waals surface area (Å²) in [5, 5.41) is 2.09. The third-order valence-corrected chi connectivity index (χ3v) is 3.88. The Morgan fingerprint density at radius 3 is 2.11 bits per heavy atom. The quantitative estimate of drug-likeness (QED) is 0.668. The summed E-state index contributed by atoms with van der Waals surface area (Å²) in [6.07, 6.45) is 0. The van der Waals surface area contributed by atoms with Crippen LogP contribution in [0.1, 0.15) is 11.1 Å². The van der Waals surface area contributed by atoms with E-state index in [-0.39, 0.29) is 0 Å². The molecule has 0 N–H and O–H groups in total. The highest BCUT2D eigenvalue weighted by Gasteiger charge is 2.06. The van der Waals surface area contributed by atoms with Crippen LogP contribution in [0.2, 0.25) is 10.0 Å². The van der Waals surface area contributed by atoms with E-state index >= 15 is 0 Å². The van der Waals surface area contributed by atoms with Crippen molar-refractivity contribution in [2.75, 3.05) is 0 Å². The third kappa shape index (κ3) is 3.41. The molecule has 0 aliphatic carbocycles. The Labute approximate surface area is 125 Å². The van der Waals surface area contributed by atoms with Crippen LogP contribution in [0.25, 0.3) is 0 Å². The Morgan fingerprint density at radius 2 is 1.56 bits per heavy atom. The number of alkyl halides is 1. The van der Waals surface area contributed by atoms with E-state index in [9.17, 15) is 0 Å². The second-order valence-electron chi connectivity index (χ2n) is 3.77. The molecule has 0 saturated heterocycles. The Kier molecular flexibility index (Phi) is 4.93. The summed E-state index contributed by atoms with van der Waals surface area (Å²) < 4.78 is 5.67. The Balaban J connectivity index is 2.06. The van der Waals surface area contributed by atoms with Crippen LogP contribution in [0.15, 0.2) is 42.5 Å². The molecule has 0 aromatic heterocycles. The minimum atomic E-state index is 0.367. The number of hydrogen-bond donors (Lipinski definition) is 0. The molecule has 0 spiro atoms. The van der Waals surface area contributed by atoms with Crippen molar-refractivity contribution in [1.82, 2.24) is 0 Å². The first kappa shape index (κ1) is 13.7. The maximum absolute atomic E-state index is 6.07. The van der Waals surface area contributed by atoms with E-state index < -0.39 is 0 Å². The van der Waals surface area contributed by atoms with Gasteiger partial charge in [-0.25, -0.2) is 0 Å². The van der Waals surface area contributed by atoms with Crippen molar-refractivity contribution < 1.29 is 4.74 Å². The van der Waals surface area contributed by atoms with E-state index in [1.54, 1.807) is 12.1 Å². The van der Waals surface area contributed by atoms with Crippen LogP contribution in [0, 0.1) is 0 Å². The van der Waals surface area contributed by atoms with Crippen LogP contribution >= 0.6 is 39.1 Å². The molecule has 94 valence electrons. The zero-order valence-corrected chi connectivity index (χ0v) is 12.6. The molecule has 0 unspecified atom stereocenters. The molecule has 0 saturated carbocycles. The fourth-order valence-corrected chi connectivity index (χ4v) is 2.38. The summed E-state index contributed by atoms with van der Waals surface area (Å²) in [7, 11) is 0. The topological polar surface area (TPSA) is 9.23 Å². The van der Waals surface area contributed by atoms with Crippen LogP contribution in [0.3, 0.4) is 0 Å². The number of ether oxygens (including phenoxy) is 1. The minimum Gasteiger partial charge on any atom is -0.489 e. The van der Waals surface area contributed by atoms with Crippen molar-refractivity contribution in [2.24, 2.45) is 0 Å². The monoisotopic (exact) mass is 344 g/mol. The fourth-order valence-electron chi connectivity index (χ4n) is 1.50. The summed E-state index contributed by atoms with van der Waals surface area (Å²) in [6, 6.07) is 13.3. The van der Waals surface area contributed by atoms with Crippen LogP contribution in [-0.2, 0) is 11.9 Å². The van der Waals surface area contributed by atoms with Gasteiger partial charge < -0.3 is 4.74 Å². The molecule has 0 aliphatic heterocycles. The molecular weight excluding hydrogens is 335 g/mol. The molecule has 2 aromatic rings. The lowest BCUT2D eigenvalue weighted by molar-refractivity contribution is 0.306. The summed E-state index contributed by atoms with van der Waals surface area (Å²) in [5.74, 6) is 0.802. The van der Waals surface area contributed by atoms with Crippen molar-refractivity contribution in [2.45, 2.75) is 11.9 Å². The van der Waals surface area contributed by atoms with Crippen LogP contribution in [0.4, 0.5) is 0 Å². The van der Waals surface area contributed by atoms with Gasteiger partial charge in [0.05, 0.1) is 0 Å². The number of halogens is 3. The van der Waals surface area contributed by atoms with Crippen LogP contribution in [-0.4, -0.2) is 0 Å². The molecule has 4 heteroatoms. The summed E-state index contributed by atoms with van der Waals surface area (Å²) in [5.41, 5.74) is 2.02. The number of benzene rings is 2. The lowest BCUT2D eigenvalue weighted by atomic mass is 10.2. The third-order valence-electron chi connectivity index (χ3n) is 2.52. The molecule has 0 amide bonds. The van der Waals surface area contributed by atoms with E-state index in [2.05, 4.69) is 15.9 Å². The van der Waals surface area contributed by atoms with E-state index in [1.165, 1.54) is 5.56 Å². The molecule has 2 rings (SSSR count). The van der Waals surface area contributed by atoms with E-state index in [0.29, 0.717) is 16.7 Å². The normalized spacial score (nSPS) is 10.4. The molecule has 0 aliphatic rings. The van der Waals surface area contributed by atoms with Crippen LogP contribution < -0.4 is 4.74 Å². The highest BCUT2D eigenvalue weighted by molar-refractivity contribution is 9.08. The fraction of sp³-hybridized carbons (Fsp3) is 0.143. The average molecular weight is 346 g/mol. The first-order chi connectivity index (χ1) is 8.70. The maximum Gasteiger partial charge on any atom is 0.119 e. The van der Waals surface area contributed by atoms with Crippen molar-refractivity contribution in [3.05, 3.63) is 63.6 Å².